The molecule has 0 heterocycles. The van der Waals surface area contributed by atoms with E-state index in [1.54, 1.807) is 7.11 Å². The number of unbranched alkanes of at least 4 members (excludes halogenated alkanes) is 2. The average molecular weight is 282 g/mol. The molecule has 0 spiro atoms. The van der Waals surface area contributed by atoms with Crippen molar-refractivity contribution in [1.82, 2.24) is 0 Å². The maximum atomic E-state index is 5.46. The second-order valence-electron chi connectivity index (χ2n) is 4.47. The van der Waals surface area contributed by atoms with Gasteiger partial charge in [0.05, 0.1) is 6.61 Å². The minimum Gasteiger partial charge on any atom is -0.491 e. The van der Waals surface area contributed by atoms with Crippen molar-refractivity contribution >= 4 is 0 Å². The summed E-state index contributed by atoms with van der Waals surface area (Å²) >= 11 is 0. The van der Waals surface area contributed by atoms with Crippen molar-refractivity contribution in [3.05, 3.63) is 30.3 Å². The first-order valence-electron chi connectivity index (χ1n) is 7.59. The fraction of sp³-hybridized carbons (Fsp3) is 0.647. The molecule has 0 aliphatic heterocycles. The number of hydrogen-bond acceptors (Lipinski definition) is 3. The molecule has 0 bridgehead atoms. The third kappa shape index (κ3) is 13.4. The zero-order valence-electron chi connectivity index (χ0n) is 13.3. The summed E-state index contributed by atoms with van der Waals surface area (Å²) in [6, 6.07) is 9.81. The SMILES string of the molecule is CCCCOC.CCCCOCCOc1ccccc1. The summed E-state index contributed by atoms with van der Waals surface area (Å²) in [5.41, 5.74) is 0. The molecule has 1 rings (SSSR count). The van der Waals surface area contributed by atoms with Gasteiger partial charge >= 0.3 is 0 Å². The number of benzene rings is 1. The zero-order chi connectivity index (χ0) is 14.9. The van der Waals surface area contributed by atoms with E-state index < -0.39 is 0 Å². The van der Waals surface area contributed by atoms with Crippen LogP contribution in [0.2, 0.25) is 0 Å². The van der Waals surface area contributed by atoms with Crippen LogP contribution in [0.5, 0.6) is 5.75 Å². The first-order valence-corrected chi connectivity index (χ1v) is 7.59. The van der Waals surface area contributed by atoms with E-state index in [0.29, 0.717) is 13.2 Å². The summed E-state index contributed by atoms with van der Waals surface area (Å²) < 4.78 is 15.6. The first-order chi connectivity index (χ1) is 9.85. The number of rotatable bonds is 10. The summed E-state index contributed by atoms with van der Waals surface area (Å²) in [4.78, 5) is 0. The molecule has 0 saturated heterocycles. The lowest BCUT2D eigenvalue weighted by molar-refractivity contribution is 0.0980. The molecule has 0 radical (unpaired) electrons. The van der Waals surface area contributed by atoms with Crippen molar-refractivity contribution in [2.75, 3.05) is 33.5 Å². The van der Waals surface area contributed by atoms with E-state index in [4.69, 9.17) is 14.2 Å². The smallest absolute Gasteiger partial charge is 0.119 e. The van der Waals surface area contributed by atoms with Crippen LogP contribution in [-0.4, -0.2) is 33.5 Å². The van der Waals surface area contributed by atoms with Crippen LogP contribution in [0.25, 0.3) is 0 Å². The molecule has 0 aromatic heterocycles. The molecule has 3 heteroatoms. The highest BCUT2D eigenvalue weighted by Crippen LogP contribution is 2.07. The topological polar surface area (TPSA) is 27.7 Å². The largest absolute Gasteiger partial charge is 0.491 e. The van der Waals surface area contributed by atoms with Crippen LogP contribution in [0.1, 0.15) is 39.5 Å². The average Bonchev–Trinajstić information content (AvgIpc) is 2.50. The summed E-state index contributed by atoms with van der Waals surface area (Å²) in [6.07, 6.45) is 4.73. The first kappa shape index (κ1) is 18.9. The summed E-state index contributed by atoms with van der Waals surface area (Å²) in [6.45, 7) is 7.37. The summed E-state index contributed by atoms with van der Waals surface area (Å²) in [5, 5.41) is 0. The van der Waals surface area contributed by atoms with Crippen LogP contribution >= 0.6 is 0 Å². The second-order valence-corrected chi connectivity index (χ2v) is 4.47. The quantitative estimate of drug-likeness (QED) is 0.598. The van der Waals surface area contributed by atoms with E-state index in [9.17, 15) is 0 Å². The Labute approximate surface area is 124 Å². The van der Waals surface area contributed by atoms with Crippen LogP contribution in [0.4, 0.5) is 0 Å². The lowest BCUT2D eigenvalue weighted by Gasteiger charge is -2.06. The molecular weight excluding hydrogens is 252 g/mol. The van der Waals surface area contributed by atoms with Crippen molar-refractivity contribution in [2.45, 2.75) is 39.5 Å². The van der Waals surface area contributed by atoms with Crippen molar-refractivity contribution in [3.63, 3.8) is 0 Å². The van der Waals surface area contributed by atoms with Gasteiger partial charge in [0.25, 0.3) is 0 Å². The van der Waals surface area contributed by atoms with Gasteiger partial charge in [-0.3, -0.25) is 0 Å². The molecule has 1 aromatic rings. The number of hydrogen-bond donors (Lipinski definition) is 0. The molecule has 0 atom stereocenters. The Morgan fingerprint density at radius 1 is 0.800 bits per heavy atom. The fourth-order valence-corrected chi connectivity index (χ4v) is 1.37. The number of ether oxygens (including phenoxy) is 3. The molecule has 20 heavy (non-hydrogen) atoms. The maximum absolute atomic E-state index is 5.46. The molecule has 116 valence electrons. The van der Waals surface area contributed by atoms with Gasteiger partial charge in [0.2, 0.25) is 0 Å². The third-order valence-corrected chi connectivity index (χ3v) is 2.58. The van der Waals surface area contributed by atoms with Crippen LogP contribution < -0.4 is 4.74 Å². The Morgan fingerprint density at radius 3 is 2.00 bits per heavy atom. The van der Waals surface area contributed by atoms with Gasteiger partial charge in [0.15, 0.2) is 0 Å². The summed E-state index contributed by atoms with van der Waals surface area (Å²) in [7, 11) is 1.73. The Hall–Kier alpha value is -1.06. The molecule has 0 fully saturated rings. The van der Waals surface area contributed by atoms with Crippen LogP contribution in [-0.2, 0) is 9.47 Å². The van der Waals surface area contributed by atoms with E-state index in [0.717, 1.165) is 25.4 Å². The van der Waals surface area contributed by atoms with Gasteiger partial charge in [-0.15, -0.1) is 0 Å². The molecule has 0 amide bonds. The van der Waals surface area contributed by atoms with E-state index in [2.05, 4.69) is 13.8 Å². The van der Waals surface area contributed by atoms with Gasteiger partial charge in [-0.05, 0) is 25.0 Å². The number of para-hydroxylation sites is 1. The molecule has 0 N–H and O–H groups in total. The van der Waals surface area contributed by atoms with E-state index in [1.807, 2.05) is 30.3 Å². The number of methoxy groups -OCH3 is 1. The molecule has 0 aliphatic rings. The fourth-order valence-electron chi connectivity index (χ4n) is 1.37. The monoisotopic (exact) mass is 282 g/mol. The Kier molecular flexibility index (Phi) is 15.1. The summed E-state index contributed by atoms with van der Waals surface area (Å²) in [5.74, 6) is 0.909. The van der Waals surface area contributed by atoms with Gasteiger partial charge in [-0.2, -0.15) is 0 Å². The maximum Gasteiger partial charge on any atom is 0.119 e. The molecular formula is C17H30O3. The standard InChI is InChI=1S/C12H18O2.C5H12O/c1-2-3-9-13-10-11-14-12-7-5-4-6-8-12;1-3-4-5-6-2/h4-8H,2-3,9-11H2,1H3;3-5H2,1-2H3. The Balaban J connectivity index is 0.000000511. The zero-order valence-corrected chi connectivity index (χ0v) is 13.3. The van der Waals surface area contributed by atoms with Crippen LogP contribution in [0.3, 0.4) is 0 Å². The van der Waals surface area contributed by atoms with E-state index in [1.165, 1.54) is 19.3 Å². The van der Waals surface area contributed by atoms with Gasteiger partial charge in [0.1, 0.15) is 12.4 Å². The molecule has 1 aromatic carbocycles. The van der Waals surface area contributed by atoms with E-state index in [-0.39, 0.29) is 0 Å². The molecule has 0 saturated carbocycles. The third-order valence-electron chi connectivity index (χ3n) is 2.58. The lowest BCUT2D eigenvalue weighted by Crippen LogP contribution is -2.07. The van der Waals surface area contributed by atoms with Crippen molar-refractivity contribution in [1.29, 1.82) is 0 Å². The Bertz CT molecular complexity index is 271. The highest BCUT2D eigenvalue weighted by Gasteiger charge is 1.91. The van der Waals surface area contributed by atoms with Crippen molar-refractivity contribution in [3.8, 4) is 5.75 Å². The minimum atomic E-state index is 0.633. The normalized spacial score (nSPS) is 9.75. The van der Waals surface area contributed by atoms with Gasteiger partial charge in [0, 0.05) is 20.3 Å². The van der Waals surface area contributed by atoms with Gasteiger partial charge in [-0.1, -0.05) is 44.9 Å². The Morgan fingerprint density at radius 2 is 1.45 bits per heavy atom. The van der Waals surface area contributed by atoms with Crippen LogP contribution in [0.15, 0.2) is 30.3 Å². The van der Waals surface area contributed by atoms with Crippen molar-refractivity contribution in [2.24, 2.45) is 0 Å². The second kappa shape index (κ2) is 16.0. The predicted octanol–water partition coefficient (Wildman–Crippen LogP) is 4.32. The molecule has 0 aliphatic carbocycles. The van der Waals surface area contributed by atoms with Gasteiger partial charge in [-0.25, -0.2) is 0 Å². The lowest BCUT2D eigenvalue weighted by atomic mass is 10.3. The highest BCUT2D eigenvalue weighted by atomic mass is 16.5. The van der Waals surface area contributed by atoms with Gasteiger partial charge < -0.3 is 14.2 Å². The van der Waals surface area contributed by atoms with E-state index >= 15 is 0 Å². The predicted molar refractivity (Wildman–Crippen MR) is 84.4 cm³/mol. The highest BCUT2D eigenvalue weighted by molar-refractivity contribution is 5.20. The molecule has 3 nitrogen and oxygen atoms in total. The van der Waals surface area contributed by atoms with Crippen LogP contribution in [0, 0.1) is 0 Å². The molecule has 0 unspecified atom stereocenters. The van der Waals surface area contributed by atoms with Crippen molar-refractivity contribution < 1.29 is 14.2 Å². The minimum absolute atomic E-state index is 0.633.